The minimum absolute atomic E-state index is 0.195. The zero-order valence-electron chi connectivity index (χ0n) is 11.8. The van der Waals surface area contributed by atoms with Crippen molar-refractivity contribution in [2.45, 2.75) is 56.8 Å². The van der Waals surface area contributed by atoms with Gasteiger partial charge in [0.15, 0.2) is 0 Å². The summed E-state index contributed by atoms with van der Waals surface area (Å²) in [5, 5.41) is 12.6. The molecule has 20 heavy (non-hydrogen) atoms. The molecule has 0 aromatic rings. The molecular formula is C14H22F3N3. The molecule has 0 amide bonds. The van der Waals surface area contributed by atoms with E-state index in [4.69, 9.17) is 0 Å². The largest absolute Gasteiger partial charge is 0.391 e. The van der Waals surface area contributed by atoms with Crippen molar-refractivity contribution in [2.75, 3.05) is 19.6 Å². The molecule has 2 fully saturated rings. The van der Waals surface area contributed by atoms with Crippen LogP contribution >= 0.6 is 0 Å². The Hall–Kier alpha value is -0.800. The third-order valence-corrected chi connectivity index (χ3v) is 4.73. The van der Waals surface area contributed by atoms with Crippen molar-refractivity contribution in [2.24, 2.45) is 5.92 Å². The molecule has 1 N–H and O–H groups in total. The molecule has 2 unspecified atom stereocenters. The lowest BCUT2D eigenvalue weighted by Crippen LogP contribution is -2.46. The second-order valence-corrected chi connectivity index (χ2v) is 5.97. The van der Waals surface area contributed by atoms with Gasteiger partial charge in [-0.1, -0.05) is 6.92 Å². The first-order valence-electron chi connectivity index (χ1n) is 7.37. The predicted molar refractivity (Wildman–Crippen MR) is 70.0 cm³/mol. The van der Waals surface area contributed by atoms with Crippen LogP contribution in [0.15, 0.2) is 0 Å². The number of hydrogen-bond acceptors (Lipinski definition) is 3. The van der Waals surface area contributed by atoms with Gasteiger partial charge < -0.3 is 4.90 Å². The molecular weight excluding hydrogens is 267 g/mol. The Labute approximate surface area is 118 Å². The predicted octanol–water partition coefficient (Wildman–Crippen LogP) is 2.69. The van der Waals surface area contributed by atoms with Gasteiger partial charge in [-0.3, -0.25) is 5.32 Å². The monoisotopic (exact) mass is 289 g/mol. The van der Waals surface area contributed by atoms with Gasteiger partial charge in [0.25, 0.3) is 0 Å². The number of nitrogens with one attached hydrogen (secondary N) is 1. The quantitative estimate of drug-likeness (QED) is 0.868. The second kappa shape index (κ2) is 5.90. The molecule has 1 aliphatic heterocycles. The standard InChI is InChI=1S/C14H22F3N3/c1-2-19-13(10-18)6-3-12(9-13)20-7-4-11(5-8-20)14(15,16)17/h11-12,19H,2-9H2,1H3. The van der Waals surface area contributed by atoms with Crippen molar-refractivity contribution in [3.05, 3.63) is 0 Å². The maximum atomic E-state index is 12.7. The van der Waals surface area contributed by atoms with Gasteiger partial charge >= 0.3 is 6.18 Å². The number of alkyl halides is 3. The number of piperidine rings is 1. The van der Waals surface area contributed by atoms with Crippen LogP contribution in [0.3, 0.4) is 0 Å². The topological polar surface area (TPSA) is 39.1 Å². The molecule has 1 heterocycles. The SMILES string of the molecule is CCNC1(C#N)CCC(N2CCC(C(F)(F)F)CC2)C1. The number of nitriles is 1. The van der Waals surface area contributed by atoms with Gasteiger partial charge in [-0.25, -0.2) is 0 Å². The van der Waals surface area contributed by atoms with E-state index in [0.29, 0.717) is 13.1 Å². The first-order valence-corrected chi connectivity index (χ1v) is 7.37. The van der Waals surface area contributed by atoms with Crippen molar-refractivity contribution in [1.29, 1.82) is 5.26 Å². The molecule has 2 atom stereocenters. The molecule has 0 aromatic carbocycles. The fourth-order valence-electron chi connectivity index (χ4n) is 3.56. The van der Waals surface area contributed by atoms with Crippen LogP contribution in [0.1, 0.15) is 39.0 Å². The lowest BCUT2D eigenvalue weighted by atomic mass is 9.94. The van der Waals surface area contributed by atoms with E-state index in [9.17, 15) is 18.4 Å². The molecule has 0 bridgehead atoms. The van der Waals surface area contributed by atoms with E-state index in [2.05, 4.69) is 16.3 Å². The van der Waals surface area contributed by atoms with Crippen molar-refractivity contribution >= 4 is 0 Å². The number of halogens is 3. The highest BCUT2D eigenvalue weighted by atomic mass is 19.4. The summed E-state index contributed by atoms with van der Waals surface area (Å²) in [5.41, 5.74) is -0.472. The van der Waals surface area contributed by atoms with Crippen molar-refractivity contribution in [3.63, 3.8) is 0 Å². The summed E-state index contributed by atoms with van der Waals surface area (Å²) < 4.78 is 38.0. The summed E-state index contributed by atoms with van der Waals surface area (Å²) in [6.07, 6.45) is -1.24. The Morgan fingerprint density at radius 1 is 1.30 bits per heavy atom. The van der Waals surface area contributed by atoms with Gasteiger partial charge in [0.1, 0.15) is 5.54 Å². The van der Waals surface area contributed by atoms with E-state index in [1.54, 1.807) is 0 Å². The highest BCUT2D eigenvalue weighted by Gasteiger charge is 2.45. The Balaban J connectivity index is 1.88. The van der Waals surface area contributed by atoms with Crippen LogP contribution < -0.4 is 5.32 Å². The second-order valence-electron chi connectivity index (χ2n) is 5.97. The molecule has 114 valence electrons. The van der Waals surface area contributed by atoms with Crippen LogP contribution in [0, 0.1) is 17.2 Å². The average molecular weight is 289 g/mol. The molecule has 1 saturated heterocycles. The fourth-order valence-corrected chi connectivity index (χ4v) is 3.56. The Bertz CT molecular complexity index is 369. The third kappa shape index (κ3) is 3.26. The molecule has 6 heteroatoms. The van der Waals surface area contributed by atoms with E-state index in [0.717, 1.165) is 25.8 Å². The van der Waals surface area contributed by atoms with Gasteiger partial charge in [-0.2, -0.15) is 18.4 Å². The highest BCUT2D eigenvalue weighted by Crippen LogP contribution is 2.38. The summed E-state index contributed by atoms with van der Waals surface area (Å²) in [6.45, 7) is 3.72. The maximum absolute atomic E-state index is 12.7. The average Bonchev–Trinajstić information content (AvgIpc) is 2.83. The van der Waals surface area contributed by atoms with Crippen LogP contribution in [-0.2, 0) is 0 Å². The fraction of sp³-hybridized carbons (Fsp3) is 0.929. The normalized spacial score (nSPS) is 33.2. The summed E-state index contributed by atoms with van der Waals surface area (Å²) in [4.78, 5) is 2.15. The number of nitrogens with zero attached hydrogens (tertiary/aromatic N) is 2. The van der Waals surface area contributed by atoms with Gasteiger partial charge in [-0.05, 0) is 51.7 Å². The number of likely N-dealkylation sites (tertiary alicyclic amines) is 1. The zero-order valence-corrected chi connectivity index (χ0v) is 11.8. The number of hydrogen-bond donors (Lipinski definition) is 1. The van der Waals surface area contributed by atoms with Crippen molar-refractivity contribution < 1.29 is 13.2 Å². The van der Waals surface area contributed by atoms with E-state index >= 15 is 0 Å². The molecule has 0 spiro atoms. The summed E-state index contributed by atoms with van der Waals surface area (Å²) in [7, 11) is 0. The van der Waals surface area contributed by atoms with Crippen LogP contribution in [0.2, 0.25) is 0 Å². The first kappa shape index (κ1) is 15.6. The third-order valence-electron chi connectivity index (χ3n) is 4.73. The minimum atomic E-state index is -4.05. The van der Waals surface area contributed by atoms with E-state index in [-0.39, 0.29) is 18.9 Å². The van der Waals surface area contributed by atoms with Crippen LogP contribution in [0.5, 0.6) is 0 Å². The summed E-state index contributed by atoms with van der Waals surface area (Å²) >= 11 is 0. The van der Waals surface area contributed by atoms with E-state index in [1.165, 1.54) is 0 Å². The summed E-state index contributed by atoms with van der Waals surface area (Å²) in [6, 6.07) is 2.62. The Morgan fingerprint density at radius 2 is 1.95 bits per heavy atom. The molecule has 1 saturated carbocycles. The van der Waals surface area contributed by atoms with Crippen molar-refractivity contribution in [3.8, 4) is 6.07 Å². The number of rotatable bonds is 3. The highest BCUT2D eigenvalue weighted by molar-refractivity contribution is 5.13. The lowest BCUT2D eigenvalue weighted by Gasteiger charge is -2.37. The van der Waals surface area contributed by atoms with Crippen LogP contribution in [0.25, 0.3) is 0 Å². The summed E-state index contributed by atoms with van der Waals surface area (Å²) in [5.74, 6) is -1.14. The Morgan fingerprint density at radius 3 is 2.45 bits per heavy atom. The Kier molecular flexibility index (Phi) is 4.60. The lowest BCUT2D eigenvalue weighted by molar-refractivity contribution is -0.186. The zero-order chi connectivity index (χ0) is 14.8. The van der Waals surface area contributed by atoms with E-state index in [1.807, 2.05) is 6.92 Å². The van der Waals surface area contributed by atoms with Gasteiger partial charge in [0.2, 0.25) is 0 Å². The minimum Gasteiger partial charge on any atom is -0.300 e. The molecule has 0 radical (unpaired) electrons. The van der Waals surface area contributed by atoms with Gasteiger partial charge in [0.05, 0.1) is 12.0 Å². The van der Waals surface area contributed by atoms with Gasteiger partial charge in [-0.15, -0.1) is 0 Å². The van der Waals surface area contributed by atoms with Crippen LogP contribution in [0.4, 0.5) is 13.2 Å². The first-order chi connectivity index (χ1) is 9.40. The smallest absolute Gasteiger partial charge is 0.300 e. The van der Waals surface area contributed by atoms with E-state index < -0.39 is 17.6 Å². The van der Waals surface area contributed by atoms with Crippen LogP contribution in [-0.4, -0.2) is 42.3 Å². The van der Waals surface area contributed by atoms with Crippen molar-refractivity contribution in [1.82, 2.24) is 10.2 Å². The molecule has 2 aliphatic rings. The van der Waals surface area contributed by atoms with Gasteiger partial charge in [0, 0.05) is 6.04 Å². The molecule has 0 aromatic heterocycles. The molecule has 3 nitrogen and oxygen atoms in total. The maximum Gasteiger partial charge on any atom is 0.391 e. The molecule has 2 rings (SSSR count). The molecule has 1 aliphatic carbocycles.